The van der Waals surface area contributed by atoms with Crippen molar-refractivity contribution in [2.45, 2.75) is 18.6 Å². The van der Waals surface area contributed by atoms with Crippen molar-refractivity contribution >= 4 is 40.1 Å². The zero-order chi connectivity index (χ0) is 18.5. The monoisotopic (exact) mass is 371 g/mol. The topological polar surface area (TPSA) is 61.8 Å². The second-order valence-electron chi connectivity index (χ2n) is 5.67. The van der Waals surface area contributed by atoms with E-state index in [9.17, 15) is 14.0 Å². The van der Waals surface area contributed by atoms with E-state index in [0.29, 0.717) is 17.4 Å². The fraction of sp³-hybridized carbons (Fsp3) is 0.211. The summed E-state index contributed by atoms with van der Waals surface area (Å²) in [5.74, 6) is -0.812. The lowest BCUT2D eigenvalue weighted by Crippen LogP contribution is -2.45. The Kier molecular flexibility index (Phi) is 5.68. The number of amides is 2. The van der Waals surface area contributed by atoms with Crippen molar-refractivity contribution in [2.24, 2.45) is 4.99 Å². The molecule has 2 aromatic carbocycles. The van der Waals surface area contributed by atoms with Crippen LogP contribution in [0.4, 0.5) is 15.8 Å². The predicted octanol–water partition coefficient (Wildman–Crippen LogP) is 3.81. The summed E-state index contributed by atoms with van der Waals surface area (Å²) in [6.45, 7) is 2.36. The molecule has 1 atom stereocenters. The Labute approximate surface area is 155 Å². The molecule has 0 radical (unpaired) electrons. The van der Waals surface area contributed by atoms with Gasteiger partial charge < -0.3 is 5.32 Å². The molecule has 1 aliphatic rings. The van der Waals surface area contributed by atoms with E-state index >= 15 is 0 Å². The van der Waals surface area contributed by atoms with Crippen molar-refractivity contribution in [2.75, 3.05) is 11.9 Å². The van der Waals surface area contributed by atoms with Crippen LogP contribution in [0.5, 0.6) is 0 Å². The number of nitrogens with zero attached hydrogens (tertiary/aromatic N) is 2. The molecule has 0 bridgehead atoms. The van der Waals surface area contributed by atoms with Crippen molar-refractivity contribution in [3.63, 3.8) is 0 Å². The zero-order valence-electron chi connectivity index (χ0n) is 14.2. The lowest BCUT2D eigenvalue weighted by Gasteiger charge is -2.30. The number of amidine groups is 1. The van der Waals surface area contributed by atoms with Gasteiger partial charge >= 0.3 is 0 Å². The van der Waals surface area contributed by atoms with Gasteiger partial charge in [0.2, 0.25) is 11.8 Å². The third-order valence-electron chi connectivity index (χ3n) is 3.84. The summed E-state index contributed by atoms with van der Waals surface area (Å²) in [5.41, 5.74) is 1.21. The molecule has 7 heteroatoms. The lowest BCUT2D eigenvalue weighted by atomic mass is 10.2. The molecule has 1 unspecified atom stereocenters. The molecule has 1 aliphatic heterocycles. The van der Waals surface area contributed by atoms with E-state index in [1.165, 1.54) is 36.0 Å². The number of nitrogens with one attached hydrogen (secondary N) is 1. The molecular weight excluding hydrogens is 353 g/mol. The predicted molar refractivity (Wildman–Crippen MR) is 102 cm³/mol. The molecule has 0 aromatic heterocycles. The molecule has 0 spiro atoms. The van der Waals surface area contributed by atoms with Gasteiger partial charge in [0.1, 0.15) is 11.1 Å². The summed E-state index contributed by atoms with van der Waals surface area (Å²) in [4.78, 5) is 31.1. The summed E-state index contributed by atoms with van der Waals surface area (Å²) < 4.78 is 13.0. The molecule has 26 heavy (non-hydrogen) atoms. The second kappa shape index (κ2) is 8.14. The van der Waals surface area contributed by atoms with Gasteiger partial charge in [0.05, 0.1) is 5.69 Å². The number of carbonyl (C=O) groups excluding carboxylic acids is 2. The molecule has 3 rings (SSSR count). The number of hydrogen-bond donors (Lipinski definition) is 1. The smallest absolute Gasteiger partial charge is 0.238 e. The number of halogens is 1. The molecule has 1 fully saturated rings. The van der Waals surface area contributed by atoms with E-state index in [4.69, 9.17) is 0 Å². The minimum Gasteiger partial charge on any atom is -0.325 e. The van der Waals surface area contributed by atoms with Crippen LogP contribution in [0.2, 0.25) is 0 Å². The lowest BCUT2D eigenvalue weighted by molar-refractivity contribution is -0.129. The average Bonchev–Trinajstić information content (AvgIpc) is 2.64. The molecular formula is C19H18FN3O2S. The van der Waals surface area contributed by atoms with Crippen molar-refractivity contribution in [1.82, 2.24) is 4.90 Å². The maximum absolute atomic E-state index is 13.0. The maximum Gasteiger partial charge on any atom is 0.238 e. The van der Waals surface area contributed by atoms with Gasteiger partial charge in [-0.1, -0.05) is 30.0 Å². The number of benzene rings is 2. The van der Waals surface area contributed by atoms with Crippen LogP contribution in [0.25, 0.3) is 0 Å². The molecule has 0 saturated carbocycles. The third kappa shape index (κ3) is 4.29. The number of aliphatic imine (C=N–C) groups is 1. The van der Waals surface area contributed by atoms with Gasteiger partial charge in [0.25, 0.3) is 0 Å². The van der Waals surface area contributed by atoms with Gasteiger partial charge in [-0.2, -0.15) is 0 Å². The first-order valence-electron chi connectivity index (χ1n) is 8.24. The highest BCUT2D eigenvalue weighted by Gasteiger charge is 2.35. The van der Waals surface area contributed by atoms with Gasteiger partial charge in [-0.3, -0.25) is 14.5 Å². The largest absolute Gasteiger partial charge is 0.325 e. The number of rotatable bonds is 4. The van der Waals surface area contributed by atoms with Crippen LogP contribution in [-0.4, -0.2) is 33.7 Å². The van der Waals surface area contributed by atoms with E-state index in [1.54, 1.807) is 4.90 Å². The molecule has 2 aromatic rings. The van der Waals surface area contributed by atoms with Crippen LogP contribution in [0.1, 0.15) is 13.3 Å². The zero-order valence-corrected chi connectivity index (χ0v) is 15.0. The number of carbonyl (C=O) groups is 2. The Balaban J connectivity index is 1.78. The van der Waals surface area contributed by atoms with E-state index in [1.807, 2.05) is 37.3 Å². The Morgan fingerprint density at radius 2 is 1.92 bits per heavy atom. The summed E-state index contributed by atoms with van der Waals surface area (Å²) in [5, 5.41) is 2.65. The molecule has 2 amide bonds. The maximum atomic E-state index is 13.0. The second-order valence-corrected chi connectivity index (χ2v) is 6.84. The fourth-order valence-electron chi connectivity index (χ4n) is 2.52. The summed E-state index contributed by atoms with van der Waals surface area (Å²) in [6.07, 6.45) is 0.0966. The number of thioether (sulfide) groups is 1. The SMILES string of the molecule is CCN1C(=O)CC(C(=O)Nc2ccc(F)cc2)SC1=Nc1ccccc1. The number of para-hydroxylation sites is 1. The first-order chi connectivity index (χ1) is 12.6. The highest BCUT2D eigenvalue weighted by Crippen LogP contribution is 2.29. The van der Waals surface area contributed by atoms with Crippen LogP contribution in [0, 0.1) is 5.82 Å². The van der Waals surface area contributed by atoms with Gasteiger partial charge in [0, 0.05) is 18.7 Å². The molecule has 1 heterocycles. The quantitative estimate of drug-likeness (QED) is 0.889. The Hall–Kier alpha value is -2.67. The molecule has 0 aliphatic carbocycles. The van der Waals surface area contributed by atoms with E-state index < -0.39 is 5.25 Å². The average molecular weight is 371 g/mol. The Bertz CT molecular complexity index is 824. The van der Waals surface area contributed by atoms with E-state index in [-0.39, 0.29) is 24.1 Å². The molecule has 5 nitrogen and oxygen atoms in total. The van der Waals surface area contributed by atoms with Crippen LogP contribution in [0.3, 0.4) is 0 Å². The van der Waals surface area contributed by atoms with Gasteiger partial charge in [0.15, 0.2) is 5.17 Å². The van der Waals surface area contributed by atoms with Crippen LogP contribution in [-0.2, 0) is 9.59 Å². The van der Waals surface area contributed by atoms with Crippen LogP contribution < -0.4 is 5.32 Å². The normalized spacial score (nSPS) is 18.8. The first-order valence-corrected chi connectivity index (χ1v) is 9.12. The highest BCUT2D eigenvalue weighted by molar-refractivity contribution is 8.15. The third-order valence-corrected chi connectivity index (χ3v) is 5.03. The summed E-state index contributed by atoms with van der Waals surface area (Å²) >= 11 is 1.26. The van der Waals surface area contributed by atoms with Crippen molar-refractivity contribution in [1.29, 1.82) is 0 Å². The van der Waals surface area contributed by atoms with Crippen molar-refractivity contribution in [3.8, 4) is 0 Å². The van der Waals surface area contributed by atoms with Crippen LogP contribution in [0.15, 0.2) is 59.6 Å². The Morgan fingerprint density at radius 3 is 2.58 bits per heavy atom. The van der Waals surface area contributed by atoms with Crippen molar-refractivity contribution < 1.29 is 14.0 Å². The van der Waals surface area contributed by atoms with E-state index in [2.05, 4.69) is 10.3 Å². The minimum atomic E-state index is -0.585. The number of anilines is 1. The highest BCUT2D eigenvalue weighted by atomic mass is 32.2. The Morgan fingerprint density at radius 1 is 1.23 bits per heavy atom. The van der Waals surface area contributed by atoms with Gasteiger partial charge in [-0.05, 0) is 43.3 Å². The molecule has 134 valence electrons. The van der Waals surface area contributed by atoms with Gasteiger partial charge in [-0.25, -0.2) is 9.38 Å². The molecule has 1 N–H and O–H groups in total. The van der Waals surface area contributed by atoms with Crippen molar-refractivity contribution in [3.05, 3.63) is 60.4 Å². The number of hydrogen-bond acceptors (Lipinski definition) is 4. The van der Waals surface area contributed by atoms with E-state index in [0.717, 1.165) is 5.69 Å². The fourth-order valence-corrected chi connectivity index (χ4v) is 3.68. The summed E-state index contributed by atoms with van der Waals surface area (Å²) in [6, 6.07) is 14.8. The van der Waals surface area contributed by atoms with Crippen LogP contribution >= 0.6 is 11.8 Å². The minimum absolute atomic E-state index is 0.0966. The standard InChI is InChI=1S/C19H18FN3O2S/c1-2-23-17(24)12-16(18(25)21-15-10-8-13(20)9-11-15)26-19(23)22-14-6-4-3-5-7-14/h3-11,16H,2,12H2,1H3,(H,21,25). The first kappa shape index (κ1) is 18.1. The van der Waals surface area contributed by atoms with Gasteiger partial charge in [-0.15, -0.1) is 0 Å². The summed E-state index contributed by atoms with van der Waals surface area (Å²) in [7, 11) is 0. The molecule has 1 saturated heterocycles.